The second kappa shape index (κ2) is 4.02. The Morgan fingerprint density at radius 1 is 1.76 bits per heavy atom. The molecule has 1 aromatic heterocycles. The van der Waals surface area contributed by atoms with Crippen LogP contribution in [0.25, 0.3) is 0 Å². The number of hydrogen-bond donors (Lipinski definition) is 2. The number of alkyl halides is 1. The van der Waals surface area contributed by atoms with Gasteiger partial charge in [0.25, 0.3) is 0 Å². The second-order valence-corrected chi connectivity index (χ2v) is 5.43. The molecular weight excluding hydrogens is 284 g/mol. The lowest BCUT2D eigenvalue weighted by Crippen LogP contribution is -2.40. The van der Waals surface area contributed by atoms with Gasteiger partial charge in [-0.25, -0.2) is 13.6 Å². The third-order valence-corrected chi connectivity index (χ3v) is 4.27. The van der Waals surface area contributed by atoms with Crippen molar-refractivity contribution in [1.29, 1.82) is 0 Å². The maximum absolute atomic E-state index is 15.0. The van der Waals surface area contributed by atoms with Gasteiger partial charge in [0.15, 0.2) is 17.9 Å². The first-order valence-electron chi connectivity index (χ1n) is 6.33. The predicted octanol–water partition coefficient (Wildman–Crippen LogP) is -0.0256. The van der Waals surface area contributed by atoms with E-state index >= 15 is 4.39 Å². The van der Waals surface area contributed by atoms with Crippen LogP contribution in [0, 0.1) is 24.1 Å². The smallest absolute Gasteiger partial charge is 0.351 e. The van der Waals surface area contributed by atoms with Crippen LogP contribution in [0.1, 0.15) is 19.6 Å². The Hall–Kier alpha value is -1.98. The highest BCUT2D eigenvalue weighted by molar-refractivity contribution is 5.33. The minimum Gasteiger partial charge on any atom is -0.390 e. The molecule has 6 nitrogen and oxygen atoms in total. The molecule has 0 spiro atoms. The maximum atomic E-state index is 15.0. The van der Waals surface area contributed by atoms with Crippen LogP contribution in [0.15, 0.2) is 11.0 Å². The monoisotopic (exact) mass is 297 g/mol. The van der Waals surface area contributed by atoms with E-state index in [2.05, 4.69) is 4.98 Å². The molecule has 3 N–H and O–H groups in total. The number of nitrogen functional groups attached to an aromatic ring is 1. The number of anilines is 1. The first-order chi connectivity index (χ1) is 9.76. The average Bonchev–Trinajstić information content (AvgIpc) is 3.11. The van der Waals surface area contributed by atoms with Crippen molar-refractivity contribution in [2.24, 2.45) is 5.92 Å². The highest BCUT2D eigenvalue weighted by Gasteiger charge is 2.77. The van der Waals surface area contributed by atoms with E-state index in [9.17, 15) is 14.3 Å². The SMILES string of the molecule is C#CC1(F)C2CC2([C@@H](C)O)O[C@H]1n1cc(F)c(N)nc1=O. The van der Waals surface area contributed by atoms with Crippen molar-refractivity contribution >= 4 is 5.82 Å². The lowest BCUT2D eigenvalue weighted by atomic mass is 9.97. The summed E-state index contributed by atoms with van der Waals surface area (Å²) in [5.74, 6) is -0.350. The molecule has 21 heavy (non-hydrogen) atoms. The molecule has 1 aromatic rings. The van der Waals surface area contributed by atoms with Gasteiger partial charge in [-0.15, -0.1) is 6.42 Å². The molecule has 2 heterocycles. The van der Waals surface area contributed by atoms with Crippen molar-refractivity contribution in [3.8, 4) is 12.3 Å². The summed E-state index contributed by atoms with van der Waals surface area (Å²) in [6.07, 6.45) is 3.67. The summed E-state index contributed by atoms with van der Waals surface area (Å²) < 4.78 is 34.7. The zero-order chi connectivity index (χ0) is 15.6. The van der Waals surface area contributed by atoms with Crippen LogP contribution in [0.5, 0.6) is 0 Å². The summed E-state index contributed by atoms with van der Waals surface area (Å²) in [5, 5.41) is 9.76. The standard InChI is InChI=1S/C13H13F2N3O3/c1-3-12(15)8-4-13(8,6(2)19)21-10(12)18-5-7(14)9(16)17-11(18)20/h1,5-6,8,10,19H,4H2,2H3,(H2,16,17,20)/t6-,8?,10-,12?,13?/m1/s1. The number of halogens is 2. The minimum atomic E-state index is -2.33. The molecule has 1 aliphatic heterocycles. The van der Waals surface area contributed by atoms with E-state index in [1.807, 2.05) is 5.92 Å². The molecule has 112 valence electrons. The summed E-state index contributed by atoms with van der Waals surface area (Å²) in [4.78, 5) is 15.1. The van der Waals surface area contributed by atoms with Gasteiger partial charge in [-0.1, -0.05) is 5.92 Å². The molecule has 1 aliphatic carbocycles. The Bertz CT molecular complexity index is 714. The first kappa shape index (κ1) is 14.0. The summed E-state index contributed by atoms with van der Waals surface area (Å²) >= 11 is 0. The number of nitrogens with zero attached hydrogens (tertiary/aromatic N) is 2. The molecular formula is C13H13F2N3O3. The van der Waals surface area contributed by atoms with Gasteiger partial charge in [-0.2, -0.15) is 4.98 Å². The minimum absolute atomic E-state index is 0.238. The number of aliphatic hydroxyl groups excluding tert-OH is 1. The maximum Gasteiger partial charge on any atom is 0.351 e. The van der Waals surface area contributed by atoms with Crippen molar-refractivity contribution < 1.29 is 18.6 Å². The van der Waals surface area contributed by atoms with E-state index in [0.717, 1.165) is 0 Å². The van der Waals surface area contributed by atoms with Crippen molar-refractivity contribution in [3.05, 3.63) is 22.5 Å². The molecule has 5 atom stereocenters. The number of aliphatic hydroxyl groups is 1. The van der Waals surface area contributed by atoms with E-state index in [0.29, 0.717) is 10.8 Å². The molecule has 1 saturated carbocycles. The highest BCUT2D eigenvalue weighted by atomic mass is 19.1. The molecule has 0 bridgehead atoms. The Kier molecular flexibility index (Phi) is 2.68. The molecule has 0 amide bonds. The van der Waals surface area contributed by atoms with E-state index in [-0.39, 0.29) is 6.42 Å². The van der Waals surface area contributed by atoms with Gasteiger partial charge in [0.1, 0.15) is 5.60 Å². The van der Waals surface area contributed by atoms with Gasteiger partial charge < -0.3 is 15.6 Å². The van der Waals surface area contributed by atoms with Crippen molar-refractivity contribution in [1.82, 2.24) is 9.55 Å². The van der Waals surface area contributed by atoms with Crippen LogP contribution in [0.2, 0.25) is 0 Å². The quantitative estimate of drug-likeness (QED) is 0.748. The molecule has 3 rings (SSSR count). The fourth-order valence-corrected chi connectivity index (χ4v) is 2.98. The largest absolute Gasteiger partial charge is 0.390 e. The molecule has 2 aliphatic rings. The molecule has 2 fully saturated rings. The number of nitrogens with two attached hydrogens (primary N) is 1. The molecule has 8 heteroatoms. The van der Waals surface area contributed by atoms with E-state index < -0.39 is 46.8 Å². The Morgan fingerprint density at radius 3 is 3.00 bits per heavy atom. The van der Waals surface area contributed by atoms with Crippen LogP contribution < -0.4 is 11.4 Å². The van der Waals surface area contributed by atoms with Gasteiger partial charge in [-0.05, 0) is 13.3 Å². The van der Waals surface area contributed by atoms with Gasteiger partial charge >= 0.3 is 5.69 Å². The van der Waals surface area contributed by atoms with Crippen LogP contribution in [-0.2, 0) is 4.74 Å². The average molecular weight is 297 g/mol. The van der Waals surface area contributed by atoms with Crippen LogP contribution in [0.3, 0.4) is 0 Å². The summed E-state index contributed by atoms with van der Waals surface area (Å²) in [7, 11) is 0. The predicted molar refractivity (Wildman–Crippen MR) is 68.2 cm³/mol. The van der Waals surface area contributed by atoms with Crippen molar-refractivity contribution in [2.75, 3.05) is 5.73 Å². The molecule has 3 unspecified atom stereocenters. The van der Waals surface area contributed by atoms with Gasteiger partial charge in [0, 0.05) is 5.92 Å². The summed E-state index contributed by atoms with van der Waals surface area (Å²) in [6, 6.07) is 0. The number of rotatable bonds is 2. The topological polar surface area (TPSA) is 90.4 Å². The lowest BCUT2D eigenvalue weighted by molar-refractivity contribution is -0.113. The normalized spacial score (nSPS) is 38.6. The zero-order valence-corrected chi connectivity index (χ0v) is 11.1. The van der Waals surface area contributed by atoms with Gasteiger partial charge in [0.2, 0.25) is 5.67 Å². The van der Waals surface area contributed by atoms with Crippen molar-refractivity contribution in [3.63, 3.8) is 0 Å². The van der Waals surface area contributed by atoms with Gasteiger partial charge in [-0.3, -0.25) is 4.57 Å². The third-order valence-electron chi connectivity index (χ3n) is 4.27. The van der Waals surface area contributed by atoms with Gasteiger partial charge in [0.05, 0.1) is 12.3 Å². The van der Waals surface area contributed by atoms with E-state index in [1.54, 1.807) is 0 Å². The first-order valence-corrected chi connectivity index (χ1v) is 6.33. The lowest BCUT2D eigenvalue weighted by Gasteiger charge is -2.26. The fraction of sp³-hybridized carbons (Fsp3) is 0.538. The number of terminal acetylenes is 1. The molecule has 0 radical (unpaired) electrons. The Labute approximate surface area is 118 Å². The van der Waals surface area contributed by atoms with Crippen LogP contribution >= 0.6 is 0 Å². The highest BCUT2D eigenvalue weighted by Crippen LogP contribution is 2.66. The Morgan fingerprint density at radius 2 is 2.43 bits per heavy atom. The van der Waals surface area contributed by atoms with Crippen LogP contribution in [-0.4, -0.2) is 32.0 Å². The third kappa shape index (κ3) is 1.65. The van der Waals surface area contributed by atoms with Crippen LogP contribution in [0.4, 0.5) is 14.6 Å². The zero-order valence-electron chi connectivity index (χ0n) is 11.1. The van der Waals surface area contributed by atoms with E-state index in [1.165, 1.54) is 6.92 Å². The number of aromatic nitrogens is 2. The van der Waals surface area contributed by atoms with E-state index in [4.69, 9.17) is 16.9 Å². The number of fused-ring (bicyclic) bond motifs is 1. The molecule has 0 aromatic carbocycles. The second-order valence-electron chi connectivity index (χ2n) is 5.43. The summed E-state index contributed by atoms with van der Waals surface area (Å²) in [6.45, 7) is 1.45. The number of ether oxygens (including phenoxy) is 1. The summed E-state index contributed by atoms with van der Waals surface area (Å²) in [5.41, 5.74) is 0.732. The Balaban J connectivity index is 2.10. The van der Waals surface area contributed by atoms with Crippen molar-refractivity contribution in [2.45, 2.75) is 36.9 Å². The molecule has 1 saturated heterocycles. The fourth-order valence-electron chi connectivity index (χ4n) is 2.98. The number of hydrogen-bond acceptors (Lipinski definition) is 5.